The van der Waals surface area contributed by atoms with Crippen LogP contribution in [0.25, 0.3) is 10.9 Å². The molecular formula is C13H9ClF3NO2. The van der Waals surface area contributed by atoms with Crippen LogP contribution < -0.4 is 0 Å². The second-order valence-electron chi connectivity index (χ2n) is 4.16. The Morgan fingerprint density at radius 3 is 2.55 bits per heavy atom. The molecular weight excluding hydrogens is 295 g/mol. The Morgan fingerprint density at radius 2 is 2.00 bits per heavy atom. The van der Waals surface area contributed by atoms with E-state index >= 15 is 0 Å². The number of alkyl halides is 3. The van der Waals surface area contributed by atoms with E-state index in [1.54, 1.807) is 19.1 Å². The van der Waals surface area contributed by atoms with Crippen molar-refractivity contribution in [3.63, 3.8) is 0 Å². The van der Waals surface area contributed by atoms with Gasteiger partial charge in [-0.2, -0.15) is 13.2 Å². The number of nitrogens with zero attached hydrogens (tertiary/aromatic N) is 1. The van der Waals surface area contributed by atoms with Gasteiger partial charge in [0.05, 0.1) is 17.6 Å². The van der Waals surface area contributed by atoms with E-state index in [0.29, 0.717) is 0 Å². The summed E-state index contributed by atoms with van der Waals surface area (Å²) < 4.78 is 43.4. The Labute approximate surface area is 117 Å². The third-order valence-electron chi connectivity index (χ3n) is 2.74. The zero-order valence-corrected chi connectivity index (χ0v) is 11.3. The van der Waals surface area contributed by atoms with Crippen LogP contribution in [0.2, 0.25) is 5.02 Å². The normalized spacial score (nSPS) is 11.7. The molecule has 0 bridgehead atoms. The number of aryl methyl sites for hydroxylation is 1. The lowest BCUT2D eigenvalue weighted by Crippen LogP contribution is -2.17. The Bertz CT molecular complexity index is 698. The highest BCUT2D eigenvalue weighted by Gasteiger charge is 2.39. The van der Waals surface area contributed by atoms with Crippen LogP contribution in [0.15, 0.2) is 18.2 Å². The minimum atomic E-state index is -4.80. The van der Waals surface area contributed by atoms with Gasteiger partial charge in [0.15, 0.2) is 5.69 Å². The molecule has 0 saturated heterocycles. The molecule has 7 heteroatoms. The molecule has 3 nitrogen and oxygen atoms in total. The average Bonchev–Trinajstić information content (AvgIpc) is 2.37. The standard InChI is InChI=1S/C13H9ClF3NO2/c1-6-3-4-8-7(5-6)10(14)9(12(19)20-2)11(18-8)13(15,16)17/h3-5H,1-2H3. The second-order valence-corrected chi connectivity index (χ2v) is 4.54. The number of pyridine rings is 1. The van der Waals surface area contributed by atoms with E-state index < -0.39 is 23.4 Å². The number of methoxy groups -OCH3 is 1. The van der Waals surface area contributed by atoms with Crippen molar-refractivity contribution in [3.05, 3.63) is 40.0 Å². The maximum Gasteiger partial charge on any atom is 0.434 e. The maximum absolute atomic E-state index is 13.0. The summed E-state index contributed by atoms with van der Waals surface area (Å²) >= 11 is 5.96. The predicted molar refractivity (Wildman–Crippen MR) is 67.8 cm³/mol. The molecule has 0 spiro atoms. The topological polar surface area (TPSA) is 39.2 Å². The van der Waals surface area contributed by atoms with Gasteiger partial charge in [-0.25, -0.2) is 9.78 Å². The van der Waals surface area contributed by atoms with Crippen LogP contribution in [-0.4, -0.2) is 18.1 Å². The van der Waals surface area contributed by atoms with E-state index in [1.807, 2.05) is 0 Å². The van der Waals surface area contributed by atoms with Crippen LogP contribution in [0.1, 0.15) is 21.6 Å². The van der Waals surface area contributed by atoms with Gasteiger partial charge in [0.1, 0.15) is 5.56 Å². The number of hydrogen-bond donors (Lipinski definition) is 0. The molecule has 20 heavy (non-hydrogen) atoms. The second kappa shape index (κ2) is 4.94. The fourth-order valence-electron chi connectivity index (χ4n) is 1.83. The van der Waals surface area contributed by atoms with Crippen LogP contribution in [-0.2, 0) is 10.9 Å². The van der Waals surface area contributed by atoms with Crippen LogP contribution in [0.4, 0.5) is 13.2 Å². The summed E-state index contributed by atoms with van der Waals surface area (Å²) in [4.78, 5) is 15.1. The number of halogens is 4. The number of carbonyl (C=O) groups is 1. The highest BCUT2D eigenvalue weighted by atomic mass is 35.5. The Balaban J connectivity index is 2.91. The van der Waals surface area contributed by atoms with E-state index in [2.05, 4.69) is 9.72 Å². The Kier molecular flexibility index (Phi) is 3.60. The number of aromatic nitrogens is 1. The average molecular weight is 304 g/mol. The smallest absolute Gasteiger partial charge is 0.434 e. The molecule has 0 fully saturated rings. The number of ether oxygens (including phenoxy) is 1. The zero-order valence-electron chi connectivity index (χ0n) is 10.5. The van der Waals surface area contributed by atoms with Crippen molar-refractivity contribution in [3.8, 4) is 0 Å². The largest absolute Gasteiger partial charge is 0.465 e. The number of carbonyl (C=O) groups excluding carboxylic acids is 1. The van der Waals surface area contributed by atoms with E-state index in [1.165, 1.54) is 6.07 Å². The molecule has 2 aromatic rings. The fourth-order valence-corrected chi connectivity index (χ4v) is 2.15. The summed E-state index contributed by atoms with van der Waals surface area (Å²) in [5, 5.41) is -0.0297. The Hall–Kier alpha value is -1.82. The molecule has 0 aliphatic heterocycles. The third kappa shape index (κ3) is 2.43. The maximum atomic E-state index is 13.0. The first-order valence-corrected chi connectivity index (χ1v) is 5.89. The van der Waals surface area contributed by atoms with E-state index in [-0.39, 0.29) is 15.9 Å². The van der Waals surface area contributed by atoms with E-state index in [4.69, 9.17) is 11.6 Å². The van der Waals surface area contributed by atoms with Gasteiger partial charge < -0.3 is 4.74 Å². The molecule has 1 aromatic heterocycles. The van der Waals surface area contributed by atoms with Crippen molar-refractivity contribution in [2.75, 3.05) is 7.11 Å². The summed E-state index contributed by atoms with van der Waals surface area (Å²) in [5.74, 6) is -1.17. The van der Waals surface area contributed by atoms with Gasteiger partial charge >= 0.3 is 12.1 Å². The van der Waals surface area contributed by atoms with Crippen molar-refractivity contribution >= 4 is 28.5 Å². The van der Waals surface area contributed by atoms with Crippen molar-refractivity contribution in [2.45, 2.75) is 13.1 Å². The molecule has 0 aliphatic carbocycles. The third-order valence-corrected chi connectivity index (χ3v) is 3.13. The van der Waals surface area contributed by atoms with Crippen molar-refractivity contribution in [2.24, 2.45) is 0 Å². The van der Waals surface area contributed by atoms with Gasteiger partial charge in [0, 0.05) is 5.39 Å². The molecule has 0 atom stereocenters. The monoisotopic (exact) mass is 303 g/mol. The van der Waals surface area contributed by atoms with Crippen molar-refractivity contribution in [1.29, 1.82) is 0 Å². The predicted octanol–water partition coefficient (Wildman–Crippen LogP) is 4.00. The van der Waals surface area contributed by atoms with Crippen molar-refractivity contribution in [1.82, 2.24) is 4.98 Å². The molecule has 1 aromatic carbocycles. The summed E-state index contributed by atoms with van der Waals surface area (Å²) in [6.45, 7) is 1.76. The summed E-state index contributed by atoms with van der Waals surface area (Å²) in [7, 11) is 0.985. The summed E-state index contributed by atoms with van der Waals surface area (Å²) in [5.41, 5.74) is -1.25. The van der Waals surface area contributed by atoms with Gasteiger partial charge in [-0.1, -0.05) is 23.2 Å². The number of fused-ring (bicyclic) bond motifs is 1. The molecule has 1 heterocycles. The first-order chi connectivity index (χ1) is 9.25. The molecule has 0 amide bonds. The van der Waals surface area contributed by atoms with Crippen LogP contribution >= 0.6 is 11.6 Å². The van der Waals surface area contributed by atoms with Gasteiger partial charge in [0.2, 0.25) is 0 Å². The number of hydrogen-bond acceptors (Lipinski definition) is 3. The quantitative estimate of drug-likeness (QED) is 0.747. The van der Waals surface area contributed by atoms with Crippen LogP contribution in [0.3, 0.4) is 0 Å². The highest BCUT2D eigenvalue weighted by molar-refractivity contribution is 6.38. The van der Waals surface area contributed by atoms with Crippen LogP contribution in [0.5, 0.6) is 0 Å². The lowest BCUT2D eigenvalue weighted by atomic mass is 10.1. The van der Waals surface area contributed by atoms with Crippen molar-refractivity contribution < 1.29 is 22.7 Å². The SMILES string of the molecule is COC(=O)c1c(C(F)(F)F)nc2ccc(C)cc2c1Cl. The zero-order chi connectivity index (χ0) is 15.1. The lowest BCUT2D eigenvalue weighted by Gasteiger charge is -2.14. The van der Waals surface area contributed by atoms with Crippen LogP contribution in [0, 0.1) is 6.92 Å². The molecule has 106 valence electrons. The fraction of sp³-hybridized carbons (Fsp3) is 0.231. The van der Waals surface area contributed by atoms with Gasteiger partial charge in [-0.05, 0) is 19.1 Å². The molecule has 0 radical (unpaired) electrons. The molecule has 2 rings (SSSR count). The van der Waals surface area contributed by atoms with Gasteiger partial charge in [0.25, 0.3) is 0 Å². The van der Waals surface area contributed by atoms with E-state index in [9.17, 15) is 18.0 Å². The summed E-state index contributed by atoms with van der Waals surface area (Å²) in [6, 6.07) is 4.60. The highest BCUT2D eigenvalue weighted by Crippen LogP contribution is 2.37. The molecule has 0 unspecified atom stereocenters. The molecule has 0 N–H and O–H groups in total. The minimum Gasteiger partial charge on any atom is -0.465 e. The van der Waals surface area contributed by atoms with Gasteiger partial charge in [-0.3, -0.25) is 0 Å². The van der Waals surface area contributed by atoms with Gasteiger partial charge in [-0.15, -0.1) is 0 Å². The minimum absolute atomic E-state index is 0.0700. The first-order valence-electron chi connectivity index (χ1n) is 5.51. The molecule has 0 saturated carbocycles. The molecule has 0 aliphatic rings. The first kappa shape index (κ1) is 14.6. The lowest BCUT2D eigenvalue weighted by molar-refractivity contribution is -0.141. The summed E-state index contributed by atoms with van der Waals surface area (Å²) in [6.07, 6.45) is -4.80. The number of benzene rings is 1. The Morgan fingerprint density at radius 1 is 1.35 bits per heavy atom. The number of rotatable bonds is 1. The number of esters is 1. The van der Waals surface area contributed by atoms with E-state index in [0.717, 1.165) is 12.7 Å².